The van der Waals surface area contributed by atoms with Gasteiger partial charge in [-0.25, -0.2) is 0 Å². The van der Waals surface area contributed by atoms with Crippen LogP contribution in [-0.2, 0) is 11.3 Å². The third kappa shape index (κ3) is 2.81. The summed E-state index contributed by atoms with van der Waals surface area (Å²) >= 11 is 3.34. The van der Waals surface area contributed by atoms with E-state index >= 15 is 0 Å². The lowest BCUT2D eigenvalue weighted by Gasteiger charge is -2.06. The predicted octanol–water partition coefficient (Wildman–Crippen LogP) is 0.275. The minimum absolute atomic E-state index is 0.446. The first kappa shape index (κ1) is 10.7. The van der Waals surface area contributed by atoms with E-state index in [4.69, 9.17) is 14.8 Å². The Bertz CT molecular complexity index is 291. The Hall–Kier alpha value is -0.355. The van der Waals surface area contributed by atoms with Crippen LogP contribution in [0.4, 0.5) is 0 Å². The molecule has 0 amide bonds. The molecule has 5 heteroatoms. The third-order valence-corrected chi connectivity index (χ3v) is 2.44. The van der Waals surface area contributed by atoms with Crippen molar-refractivity contribution in [3.63, 3.8) is 0 Å². The van der Waals surface area contributed by atoms with Crippen LogP contribution >= 0.6 is 15.9 Å². The molecule has 1 aromatic carbocycles. The lowest BCUT2D eigenvalue weighted by Crippen LogP contribution is -2.30. The number of hydrogen-bond acceptors (Lipinski definition) is 3. The molecule has 0 atom stereocenters. The highest BCUT2D eigenvalue weighted by molar-refractivity contribution is 9.10. The standard InChI is InChI=1S/C8H10BBrO3/c1-13-5-6-4-7(9(11)12)2-3-8(6)10/h2-4,11-12H,5H2,1H3. The van der Waals surface area contributed by atoms with Gasteiger partial charge in [0, 0.05) is 11.6 Å². The molecule has 0 unspecified atom stereocenters. The first-order valence-corrected chi connectivity index (χ1v) is 4.58. The Morgan fingerprint density at radius 2 is 2.15 bits per heavy atom. The van der Waals surface area contributed by atoms with Crippen molar-refractivity contribution in [3.05, 3.63) is 28.2 Å². The highest BCUT2D eigenvalue weighted by atomic mass is 79.9. The Morgan fingerprint density at radius 3 is 2.69 bits per heavy atom. The molecule has 13 heavy (non-hydrogen) atoms. The largest absolute Gasteiger partial charge is 0.488 e. The first-order valence-electron chi connectivity index (χ1n) is 3.78. The Balaban J connectivity index is 2.97. The van der Waals surface area contributed by atoms with E-state index < -0.39 is 7.12 Å². The minimum Gasteiger partial charge on any atom is -0.423 e. The topological polar surface area (TPSA) is 49.7 Å². The van der Waals surface area contributed by atoms with E-state index in [-0.39, 0.29) is 0 Å². The third-order valence-electron chi connectivity index (χ3n) is 1.67. The van der Waals surface area contributed by atoms with E-state index in [9.17, 15) is 0 Å². The molecule has 0 aromatic heterocycles. The van der Waals surface area contributed by atoms with Crippen LogP contribution in [0.25, 0.3) is 0 Å². The average Bonchev–Trinajstić information content (AvgIpc) is 2.08. The van der Waals surface area contributed by atoms with Gasteiger partial charge in [0.15, 0.2) is 0 Å². The van der Waals surface area contributed by atoms with Gasteiger partial charge in [-0.3, -0.25) is 0 Å². The highest BCUT2D eigenvalue weighted by Crippen LogP contribution is 2.15. The maximum atomic E-state index is 8.91. The number of hydrogen-bond donors (Lipinski definition) is 2. The Kier molecular flexibility index (Phi) is 3.93. The molecule has 2 N–H and O–H groups in total. The lowest BCUT2D eigenvalue weighted by molar-refractivity contribution is 0.184. The van der Waals surface area contributed by atoms with Crippen molar-refractivity contribution < 1.29 is 14.8 Å². The summed E-state index contributed by atoms with van der Waals surface area (Å²) in [5, 5.41) is 17.8. The van der Waals surface area contributed by atoms with Gasteiger partial charge >= 0.3 is 7.12 Å². The number of ether oxygens (including phenoxy) is 1. The summed E-state index contributed by atoms with van der Waals surface area (Å²) in [5.41, 5.74) is 1.36. The molecular weight excluding hydrogens is 235 g/mol. The van der Waals surface area contributed by atoms with Gasteiger partial charge < -0.3 is 14.8 Å². The molecule has 0 fully saturated rings. The molecule has 0 saturated carbocycles. The van der Waals surface area contributed by atoms with Gasteiger partial charge in [-0.1, -0.05) is 28.1 Å². The highest BCUT2D eigenvalue weighted by Gasteiger charge is 2.12. The molecule has 0 aliphatic heterocycles. The Morgan fingerprint density at radius 1 is 1.46 bits per heavy atom. The van der Waals surface area contributed by atoms with E-state index in [1.54, 1.807) is 25.3 Å². The molecule has 0 bridgehead atoms. The second-order valence-electron chi connectivity index (χ2n) is 2.66. The first-order chi connectivity index (χ1) is 6.15. The van der Waals surface area contributed by atoms with Crippen molar-refractivity contribution in [2.45, 2.75) is 6.61 Å². The zero-order valence-electron chi connectivity index (χ0n) is 7.20. The van der Waals surface area contributed by atoms with Gasteiger partial charge in [-0.05, 0) is 17.1 Å². The molecule has 0 spiro atoms. The zero-order chi connectivity index (χ0) is 9.84. The fourth-order valence-electron chi connectivity index (χ4n) is 1.02. The average molecular weight is 245 g/mol. The van der Waals surface area contributed by atoms with Gasteiger partial charge in [-0.15, -0.1) is 0 Å². The van der Waals surface area contributed by atoms with Crippen molar-refractivity contribution in [1.29, 1.82) is 0 Å². The van der Waals surface area contributed by atoms with E-state index in [2.05, 4.69) is 15.9 Å². The summed E-state index contributed by atoms with van der Waals surface area (Å²) in [6.07, 6.45) is 0. The number of methoxy groups -OCH3 is 1. The molecule has 1 rings (SSSR count). The molecule has 3 nitrogen and oxygen atoms in total. The van der Waals surface area contributed by atoms with E-state index in [1.165, 1.54) is 0 Å². The van der Waals surface area contributed by atoms with Crippen molar-refractivity contribution in [2.24, 2.45) is 0 Å². The zero-order valence-corrected chi connectivity index (χ0v) is 8.78. The van der Waals surface area contributed by atoms with Crippen molar-refractivity contribution in [2.75, 3.05) is 7.11 Å². The predicted molar refractivity (Wildman–Crippen MR) is 54.7 cm³/mol. The Labute approximate surface area is 85.6 Å². The van der Waals surface area contributed by atoms with Crippen LogP contribution in [-0.4, -0.2) is 24.3 Å². The quantitative estimate of drug-likeness (QED) is 0.751. The molecule has 0 heterocycles. The monoisotopic (exact) mass is 244 g/mol. The molecular formula is C8H10BBrO3. The van der Waals surface area contributed by atoms with E-state index in [0.29, 0.717) is 12.1 Å². The van der Waals surface area contributed by atoms with Crippen LogP contribution in [0.1, 0.15) is 5.56 Å². The second-order valence-corrected chi connectivity index (χ2v) is 3.51. The van der Waals surface area contributed by atoms with Gasteiger partial charge in [0.05, 0.1) is 6.61 Å². The van der Waals surface area contributed by atoms with Gasteiger partial charge in [0.2, 0.25) is 0 Å². The summed E-state index contributed by atoms with van der Waals surface area (Å²) in [7, 11) is 0.165. The van der Waals surface area contributed by atoms with Crippen LogP contribution in [0.3, 0.4) is 0 Å². The fraction of sp³-hybridized carbons (Fsp3) is 0.250. The molecule has 70 valence electrons. The normalized spacial score (nSPS) is 10.2. The summed E-state index contributed by atoms with van der Waals surface area (Å²) in [6.45, 7) is 0.446. The molecule has 0 aliphatic carbocycles. The van der Waals surface area contributed by atoms with Crippen LogP contribution in [0.15, 0.2) is 22.7 Å². The van der Waals surface area contributed by atoms with Crippen LogP contribution < -0.4 is 5.46 Å². The molecule has 1 aromatic rings. The van der Waals surface area contributed by atoms with Gasteiger partial charge in [-0.2, -0.15) is 0 Å². The molecule has 0 radical (unpaired) electrons. The van der Waals surface area contributed by atoms with Gasteiger partial charge in [0.25, 0.3) is 0 Å². The smallest absolute Gasteiger partial charge is 0.423 e. The minimum atomic E-state index is -1.43. The van der Waals surface area contributed by atoms with Crippen molar-refractivity contribution >= 4 is 28.5 Å². The van der Waals surface area contributed by atoms with Crippen LogP contribution in [0.5, 0.6) is 0 Å². The van der Waals surface area contributed by atoms with Gasteiger partial charge in [0.1, 0.15) is 0 Å². The van der Waals surface area contributed by atoms with Crippen molar-refractivity contribution in [1.82, 2.24) is 0 Å². The number of halogens is 1. The van der Waals surface area contributed by atoms with Crippen LogP contribution in [0.2, 0.25) is 0 Å². The second kappa shape index (κ2) is 4.76. The number of rotatable bonds is 3. The van der Waals surface area contributed by atoms with Crippen LogP contribution in [0, 0.1) is 0 Å². The van der Waals surface area contributed by atoms with E-state index in [1.807, 2.05) is 0 Å². The molecule has 0 saturated heterocycles. The summed E-state index contributed by atoms with van der Waals surface area (Å²) in [4.78, 5) is 0. The van der Waals surface area contributed by atoms with Crippen molar-refractivity contribution in [3.8, 4) is 0 Å². The fourth-order valence-corrected chi connectivity index (χ4v) is 1.38. The number of benzene rings is 1. The molecule has 0 aliphatic rings. The summed E-state index contributed by atoms with van der Waals surface area (Å²) in [6, 6.07) is 5.11. The maximum absolute atomic E-state index is 8.91. The summed E-state index contributed by atoms with van der Waals surface area (Å²) < 4.78 is 5.85. The SMILES string of the molecule is COCc1cc(B(O)O)ccc1Br. The lowest BCUT2D eigenvalue weighted by atomic mass is 9.80. The van der Waals surface area contributed by atoms with E-state index in [0.717, 1.165) is 10.0 Å². The maximum Gasteiger partial charge on any atom is 0.488 e. The summed E-state index contributed by atoms with van der Waals surface area (Å²) in [5.74, 6) is 0.